The van der Waals surface area contributed by atoms with Gasteiger partial charge >= 0.3 is 0 Å². The normalized spacial score (nSPS) is 11.3. The second-order valence-electron chi connectivity index (χ2n) is 4.00. The van der Waals surface area contributed by atoms with Crippen LogP contribution in [-0.2, 0) is 10.0 Å². The van der Waals surface area contributed by atoms with E-state index in [2.05, 4.69) is 20.7 Å². The number of sulfonamides is 1. The molecule has 6 heteroatoms. The Hall–Kier alpha value is -1.53. The Labute approximate surface area is 120 Å². The SMILES string of the molecule is Cc1cccc(O)c1NS(=O)(=O)c1ccccc1Br. The van der Waals surface area contributed by atoms with Crippen molar-refractivity contribution in [2.24, 2.45) is 0 Å². The lowest BCUT2D eigenvalue weighted by Crippen LogP contribution is -2.14. The molecule has 0 aliphatic carbocycles. The first-order valence-electron chi connectivity index (χ1n) is 5.48. The van der Waals surface area contributed by atoms with Gasteiger partial charge in [-0.2, -0.15) is 0 Å². The second-order valence-corrected chi connectivity index (χ2v) is 6.51. The van der Waals surface area contributed by atoms with Gasteiger partial charge in [-0.3, -0.25) is 4.72 Å². The summed E-state index contributed by atoms with van der Waals surface area (Å²) in [6, 6.07) is 11.3. The van der Waals surface area contributed by atoms with Gasteiger partial charge in [-0.15, -0.1) is 0 Å². The highest BCUT2D eigenvalue weighted by Gasteiger charge is 2.19. The molecule has 0 aliphatic rings. The molecule has 2 aromatic carbocycles. The zero-order valence-corrected chi connectivity index (χ0v) is 12.5. The zero-order chi connectivity index (χ0) is 14.0. The summed E-state index contributed by atoms with van der Waals surface area (Å²) in [5.41, 5.74) is 0.842. The molecule has 100 valence electrons. The van der Waals surface area contributed by atoms with Crippen LogP contribution in [0, 0.1) is 6.92 Å². The molecule has 4 nitrogen and oxygen atoms in total. The number of hydrogen-bond donors (Lipinski definition) is 2. The average molecular weight is 342 g/mol. The highest BCUT2D eigenvalue weighted by molar-refractivity contribution is 9.10. The van der Waals surface area contributed by atoms with Crippen LogP contribution >= 0.6 is 15.9 Å². The van der Waals surface area contributed by atoms with Crippen LogP contribution in [0.2, 0.25) is 0 Å². The van der Waals surface area contributed by atoms with Crippen LogP contribution in [0.3, 0.4) is 0 Å². The number of halogens is 1. The number of aromatic hydroxyl groups is 1. The molecule has 0 radical (unpaired) electrons. The van der Waals surface area contributed by atoms with Crippen LogP contribution in [-0.4, -0.2) is 13.5 Å². The quantitative estimate of drug-likeness (QED) is 0.842. The van der Waals surface area contributed by atoms with E-state index in [9.17, 15) is 13.5 Å². The van der Waals surface area contributed by atoms with E-state index < -0.39 is 10.0 Å². The number of aryl methyl sites for hydroxylation is 1. The maximum atomic E-state index is 12.3. The molecule has 0 saturated carbocycles. The molecule has 19 heavy (non-hydrogen) atoms. The van der Waals surface area contributed by atoms with Gasteiger partial charge in [-0.25, -0.2) is 8.42 Å². The molecule has 0 unspecified atom stereocenters. The van der Waals surface area contributed by atoms with Gasteiger partial charge in [-0.1, -0.05) is 24.3 Å². The van der Waals surface area contributed by atoms with E-state index in [1.165, 1.54) is 12.1 Å². The van der Waals surface area contributed by atoms with E-state index in [0.29, 0.717) is 10.0 Å². The first-order chi connectivity index (χ1) is 8.92. The highest BCUT2D eigenvalue weighted by Crippen LogP contribution is 2.30. The van der Waals surface area contributed by atoms with Gasteiger partial charge in [-0.05, 0) is 46.6 Å². The van der Waals surface area contributed by atoms with E-state index in [0.717, 1.165) is 0 Å². The van der Waals surface area contributed by atoms with Crippen LogP contribution in [0.1, 0.15) is 5.56 Å². The number of rotatable bonds is 3. The number of hydrogen-bond acceptors (Lipinski definition) is 3. The summed E-state index contributed by atoms with van der Waals surface area (Å²) in [7, 11) is -3.75. The summed E-state index contributed by atoms with van der Waals surface area (Å²) < 4.78 is 27.4. The molecule has 2 aromatic rings. The molecule has 0 atom stereocenters. The Morgan fingerprint density at radius 2 is 1.79 bits per heavy atom. The smallest absolute Gasteiger partial charge is 0.263 e. The lowest BCUT2D eigenvalue weighted by atomic mass is 10.2. The van der Waals surface area contributed by atoms with Gasteiger partial charge in [0.2, 0.25) is 0 Å². The van der Waals surface area contributed by atoms with Gasteiger partial charge in [0.25, 0.3) is 10.0 Å². The molecular weight excluding hydrogens is 330 g/mol. The summed E-state index contributed by atoms with van der Waals surface area (Å²) >= 11 is 3.20. The van der Waals surface area contributed by atoms with E-state index in [1.807, 2.05) is 0 Å². The Bertz CT molecular complexity index is 693. The topological polar surface area (TPSA) is 66.4 Å². The first-order valence-corrected chi connectivity index (χ1v) is 7.75. The number of phenolic OH excluding ortho intramolecular Hbond substituents is 1. The molecular formula is C13H12BrNO3S. The van der Waals surface area contributed by atoms with Crippen LogP contribution in [0.15, 0.2) is 51.8 Å². The fourth-order valence-electron chi connectivity index (χ4n) is 1.64. The third kappa shape index (κ3) is 2.90. The Morgan fingerprint density at radius 1 is 1.11 bits per heavy atom. The van der Waals surface area contributed by atoms with Gasteiger partial charge in [0.1, 0.15) is 10.6 Å². The fraction of sp³-hybridized carbons (Fsp3) is 0.0769. The van der Waals surface area contributed by atoms with Gasteiger partial charge < -0.3 is 5.11 Å². The third-order valence-electron chi connectivity index (χ3n) is 2.61. The summed E-state index contributed by atoms with van der Waals surface area (Å²) in [6.07, 6.45) is 0. The van der Waals surface area contributed by atoms with Gasteiger partial charge in [0.05, 0.1) is 5.69 Å². The zero-order valence-electron chi connectivity index (χ0n) is 10.1. The van der Waals surface area contributed by atoms with Crippen molar-refractivity contribution in [1.29, 1.82) is 0 Å². The van der Waals surface area contributed by atoms with E-state index in [4.69, 9.17) is 0 Å². The molecule has 2 N–H and O–H groups in total. The fourth-order valence-corrected chi connectivity index (χ4v) is 3.79. The molecule has 0 amide bonds. The van der Waals surface area contributed by atoms with E-state index >= 15 is 0 Å². The predicted molar refractivity (Wildman–Crippen MR) is 77.8 cm³/mol. The first kappa shape index (κ1) is 13.9. The van der Waals surface area contributed by atoms with Gasteiger partial charge in [0.15, 0.2) is 0 Å². The highest BCUT2D eigenvalue weighted by atomic mass is 79.9. The van der Waals surface area contributed by atoms with Crippen molar-refractivity contribution in [3.63, 3.8) is 0 Å². The summed E-state index contributed by atoms with van der Waals surface area (Å²) in [5.74, 6) is -0.101. The molecule has 0 aromatic heterocycles. The standard InChI is InChI=1S/C13H12BrNO3S/c1-9-5-4-7-11(16)13(9)15-19(17,18)12-8-3-2-6-10(12)14/h2-8,15-16H,1H3. The molecule has 0 spiro atoms. The second kappa shape index (κ2) is 5.22. The van der Waals surface area contributed by atoms with Crippen molar-refractivity contribution in [2.45, 2.75) is 11.8 Å². The number of benzene rings is 2. The number of nitrogens with one attached hydrogen (secondary N) is 1. The van der Waals surface area contributed by atoms with Crippen molar-refractivity contribution >= 4 is 31.6 Å². The van der Waals surface area contributed by atoms with Crippen LogP contribution in [0.5, 0.6) is 5.75 Å². The van der Waals surface area contributed by atoms with Crippen LogP contribution < -0.4 is 4.72 Å². The molecule has 2 rings (SSSR count). The molecule has 0 aliphatic heterocycles. The molecule has 0 saturated heterocycles. The molecule has 0 fully saturated rings. The summed E-state index contributed by atoms with van der Waals surface area (Å²) in [5, 5.41) is 9.73. The van der Waals surface area contributed by atoms with Gasteiger partial charge in [0, 0.05) is 4.47 Å². The average Bonchev–Trinajstić information content (AvgIpc) is 2.34. The number of phenols is 1. The van der Waals surface area contributed by atoms with Crippen molar-refractivity contribution in [3.05, 3.63) is 52.5 Å². The Balaban J connectivity index is 2.46. The summed E-state index contributed by atoms with van der Waals surface area (Å²) in [6.45, 7) is 1.72. The largest absolute Gasteiger partial charge is 0.506 e. The number of anilines is 1. The van der Waals surface area contributed by atoms with E-state index in [-0.39, 0.29) is 16.3 Å². The van der Waals surface area contributed by atoms with Crippen molar-refractivity contribution in [2.75, 3.05) is 4.72 Å². The maximum Gasteiger partial charge on any atom is 0.263 e. The lowest BCUT2D eigenvalue weighted by Gasteiger charge is -2.12. The number of para-hydroxylation sites is 1. The molecule has 0 heterocycles. The minimum atomic E-state index is -3.75. The van der Waals surface area contributed by atoms with Crippen LogP contribution in [0.4, 0.5) is 5.69 Å². The van der Waals surface area contributed by atoms with Crippen molar-refractivity contribution in [3.8, 4) is 5.75 Å². The lowest BCUT2D eigenvalue weighted by molar-refractivity contribution is 0.477. The monoisotopic (exact) mass is 341 g/mol. The minimum absolute atomic E-state index is 0.101. The summed E-state index contributed by atoms with van der Waals surface area (Å²) in [4.78, 5) is 0.123. The van der Waals surface area contributed by atoms with E-state index in [1.54, 1.807) is 37.3 Å². The van der Waals surface area contributed by atoms with Crippen molar-refractivity contribution in [1.82, 2.24) is 0 Å². The Kier molecular flexibility index (Phi) is 3.82. The minimum Gasteiger partial charge on any atom is -0.506 e. The Morgan fingerprint density at radius 3 is 2.42 bits per heavy atom. The van der Waals surface area contributed by atoms with Crippen molar-refractivity contribution < 1.29 is 13.5 Å². The third-order valence-corrected chi connectivity index (χ3v) is 4.98. The predicted octanol–water partition coefficient (Wildman–Crippen LogP) is 3.26. The maximum absolute atomic E-state index is 12.3. The molecule has 0 bridgehead atoms. The van der Waals surface area contributed by atoms with Crippen LogP contribution in [0.25, 0.3) is 0 Å².